The first-order chi connectivity index (χ1) is 7.36. The minimum atomic E-state index is -0.133. The number of rotatable bonds is 1. The number of fused-ring (bicyclic) bond motifs is 1. The SMILES string of the molecule is O=c1ccnc2c(-n3ccnc3)c[nH]n12. The summed E-state index contributed by atoms with van der Waals surface area (Å²) in [5.41, 5.74) is 1.25. The molecule has 0 spiro atoms. The van der Waals surface area contributed by atoms with Crippen LogP contribution in [-0.2, 0) is 0 Å². The molecule has 3 rings (SSSR count). The standard InChI is InChI=1S/C9H7N5O/c15-8-1-2-11-9-7(5-12-14(8)9)13-4-3-10-6-13/h1-6,12H. The molecule has 1 N–H and O–H groups in total. The molecule has 3 heterocycles. The maximum atomic E-state index is 11.4. The fraction of sp³-hybridized carbons (Fsp3) is 0. The Labute approximate surface area is 83.8 Å². The molecule has 3 aromatic rings. The highest BCUT2D eigenvalue weighted by Crippen LogP contribution is 2.10. The molecule has 74 valence electrons. The van der Waals surface area contributed by atoms with Crippen molar-refractivity contribution < 1.29 is 0 Å². The Morgan fingerprint density at radius 1 is 1.33 bits per heavy atom. The highest BCUT2D eigenvalue weighted by molar-refractivity contribution is 5.57. The van der Waals surface area contributed by atoms with Crippen LogP contribution in [-0.4, -0.2) is 24.1 Å². The molecule has 0 amide bonds. The topological polar surface area (TPSA) is 68.0 Å². The fourth-order valence-corrected chi connectivity index (χ4v) is 1.50. The van der Waals surface area contributed by atoms with Crippen LogP contribution in [0, 0.1) is 0 Å². The maximum Gasteiger partial charge on any atom is 0.272 e. The monoisotopic (exact) mass is 201 g/mol. The van der Waals surface area contributed by atoms with Gasteiger partial charge < -0.3 is 4.57 Å². The van der Waals surface area contributed by atoms with Crippen LogP contribution < -0.4 is 5.56 Å². The second-order valence-electron chi connectivity index (χ2n) is 3.07. The Balaban J connectivity index is 2.39. The zero-order valence-electron chi connectivity index (χ0n) is 7.66. The molecular weight excluding hydrogens is 194 g/mol. The molecule has 0 aromatic carbocycles. The van der Waals surface area contributed by atoms with Crippen LogP contribution in [0.5, 0.6) is 0 Å². The number of H-pyrrole nitrogens is 1. The van der Waals surface area contributed by atoms with E-state index in [-0.39, 0.29) is 5.56 Å². The van der Waals surface area contributed by atoms with E-state index >= 15 is 0 Å². The van der Waals surface area contributed by atoms with E-state index in [9.17, 15) is 4.79 Å². The van der Waals surface area contributed by atoms with Crippen LogP contribution in [0.15, 0.2) is 42.0 Å². The average Bonchev–Trinajstić information content (AvgIpc) is 2.85. The van der Waals surface area contributed by atoms with Crippen molar-refractivity contribution in [2.75, 3.05) is 0 Å². The lowest BCUT2D eigenvalue weighted by Gasteiger charge is -1.96. The molecule has 0 atom stereocenters. The minimum absolute atomic E-state index is 0.133. The van der Waals surface area contributed by atoms with Crippen molar-refractivity contribution in [3.63, 3.8) is 0 Å². The molecule has 0 fully saturated rings. The lowest BCUT2D eigenvalue weighted by molar-refractivity contribution is 0.899. The van der Waals surface area contributed by atoms with Crippen molar-refractivity contribution in [2.45, 2.75) is 0 Å². The van der Waals surface area contributed by atoms with Gasteiger partial charge in [-0.1, -0.05) is 0 Å². The first-order valence-electron chi connectivity index (χ1n) is 4.40. The summed E-state index contributed by atoms with van der Waals surface area (Å²) in [7, 11) is 0. The number of hydrogen-bond acceptors (Lipinski definition) is 3. The third kappa shape index (κ3) is 1.08. The summed E-state index contributed by atoms with van der Waals surface area (Å²) >= 11 is 0. The van der Waals surface area contributed by atoms with Gasteiger partial charge in [-0.25, -0.2) is 9.97 Å². The summed E-state index contributed by atoms with van der Waals surface area (Å²) in [6.45, 7) is 0. The van der Waals surface area contributed by atoms with E-state index in [1.165, 1.54) is 16.8 Å². The van der Waals surface area contributed by atoms with Crippen LogP contribution >= 0.6 is 0 Å². The average molecular weight is 201 g/mol. The van der Waals surface area contributed by atoms with Crippen molar-refractivity contribution in [1.29, 1.82) is 0 Å². The predicted molar refractivity (Wildman–Crippen MR) is 52.9 cm³/mol. The molecular formula is C9H7N5O. The Kier molecular flexibility index (Phi) is 1.49. The van der Waals surface area contributed by atoms with Crippen molar-refractivity contribution in [1.82, 2.24) is 24.1 Å². The second kappa shape index (κ2) is 2.81. The molecule has 0 unspecified atom stereocenters. The van der Waals surface area contributed by atoms with E-state index < -0.39 is 0 Å². The molecule has 0 aliphatic carbocycles. The van der Waals surface area contributed by atoms with Gasteiger partial charge in [-0.05, 0) is 0 Å². The highest BCUT2D eigenvalue weighted by Gasteiger charge is 2.06. The van der Waals surface area contributed by atoms with Crippen LogP contribution in [0.3, 0.4) is 0 Å². The molecule has 0 bridgehead atoms. The third-order valence-corrected chi connectivity index (χ3v) is 2.19. The van der Waals surface area contributed by atoms with E-state index in [0.29, 0.717) is 5.65 Å². The summed E-state index contributed by atoms with van der Waals surface area (Å²) in [6, 6.07) is 1.40. The van der Waals surface area contributed by atoms with E-state index in [1.807, 2.05) is 0 Å². The van der Waals surface area contributed by atoms with Gasteiger partial charge >= 0.3 is 0 Å². The van der Waals surface area contributed by atoms with Crippen molar-refractivity contribution >= 4 is 5.65 Å². The molecule has 0 aliphatic rings. The lowest BCUT2D eigenvalue weighted by atomic mass is 10.5. The Bertz CT molecular complexity index is 649. The number of aromatic nitrogens is 5. The van der Waals surface area contributed by atoms with Gasteiger partial charge in [0.15, 0.2) is 5.65 Å². The predicted octanol–water partition coefficient (Wildman–Crippen LogP) is 0.208. The highest BCUT2D eigenvalue weighted by atomic mass is 16.1. The molecule has 0 radical (unpaired) electrons. The van der Waals surface area contributed by atoms with Crippen LogP contribution in [0.25, 0.3) is 11.3 Å². The molecule has 15 heavy (non-hydrogen) atoms. The van der Waals surface area contributed by atoms with Gasteiger partial charge in [0.25, 0.3) is 5.56 Å². The van der Waals surface area contributed by atoms with Gasteiger partial charge in [0.05, 0.1) is 6.33 Å². The molecule has 6 heteroatoms. The minimum Gasteiger partial charge on any atom is -0.301 e. The number of imidazole rings is 1. The molecule has 0 saturated heterocycles. The molecule has 0 aliphatic heterocycles. The third-order valence-electron chi connectivity index (χ3n) is 2.19. The van der Waals surface area contributed by atoms with Crippen molar-refractivity contribution in [2.24, 2.45) is 0 Å². The summed E-state index contributed by atoms with van der Waals surface area (Å²) in [6.07, 6.45) is 8.33. The fourth-order valence-electron chi connectivity index (χ4n) is 1.50. The normalized spacial score (nSPS) is 10.9. The molecule has 0 saturated carbocycles. The van der Waals surface area contributed by atoms with Crippen molar-refractivity contribution in [3.8, 4) is 5.69 Å². The quantitative estimate of drug-likeness (QED) is 0.611. The van der Waals surface area contributed by atoms with Gasteiger partial charge in [-0.3, -0.25) is 9.89 Å². The Hall–Kier alpha value is -2.37. The van der Waals surface area contributed by atoms with Crippen LogP contribution in [0.1, 0.15) is 0 Å². The van der Waals surface area contributed by atoms with Gasteiger partial charge in [0.2, 0.25) is 0 Å². The van der Waals surface area contributed by atoms with Gasteiger partial charge in [0.1, 0.15) is 5.69 Å². The van der Waals surface area contributed by atoms with E-state index in [1.54, 1.807) is 29.5 Å². The number of nitrogens with zero attached hydrogens (tertiary/aromatic N) is 4. The summed E-state index contributed by atoms with van der Waals surface area (Å²) < 4.78 is 3.17. The smallest absolute Gasteiger partial charge is 0.272 e. The summed E-state index contributed by atoms with van der Waals surface area (Å²) in [5, 5.41) is 2.84. The largest absolute Gasteiger partial charge is 0.301 e. The van der Waals surface area contributed by atoms with Gasteiger partial charge in [0, 0.05) is 30.9 Å². The van der Waals surface area contributed by atoms with E-state index in [0.717, 1.165) is 5.69 Å². The van der Waals surface area contributed by atoms with E-state index in [4.69, 9.17) is 0 Å². The van der Waals surface area contributed by atoms with E-state index in [2.05, 4.69) is 15.1 Å². The van der Waals surface area contributed by atoms with Crippen LogP contribution in [0.2, 0.25) is 0 Å². The first kappa shape index (κ1) is 7.98. The molecule has 3 aromatic heterocycles. The maximum absolute atomic E-state index is 11.4. The zero-order chi connectivity index (χ0) is 10.3. The van der Waals surface area contributed by atoms with Crippen LogP contribution in [0.4, 0.5) is 0 Å². The Morgan fingerprint density at radius 3 is 3.07 bits per heavy atom. The Morgan fingerprint density at radius 2 is 2.27 bits per heavy atom. The second-order valence-corrected chi connectivity index (χ2v) is 3.07. The number of hydrogen-bond donors (Lipinski definition) is 1. The number of aromatic amines is 1. The molecule has 6 nitrogen and oxygen atoms in total. The first-order valence-corrected chi connectivity index (χ1v) is 4.40. The van der Waals surface area contributed by atoms with Gasteiger partial charge in [-0.15, -0.1) is 0 Å². The number of nitrogens with one attached hydrogen (secondary N) is 1. The zero-order valence-corrected chi connectivity index (χ0v) is 7.66. The lowest BCUT2D eigenvalue weighted by Crippen LogP contribution is -2.12. The summed E-state index contributed by atoms with van der Waals surface area (Å²) in [5.74, 6) is 0. The van der Waals surface area contributed by atoms with Gasteiger partial charge in [-0.2, -0.15) is 4.52 Å². The summed E-state index contributed by atoms with van der Waals surface area (Å²) in [4.78, 5) is 19.5. The van der Waals surface area contributed by atoms with Crippen molar-refractivity contribution in [3.05, 3.63) is 47.5 Å².